The van der Waals surface area contributed by atoms with Gasteiger partial charge in [0.05, 0.1) is 6.20 Å². The van der Waals surface area contributed by atoms with Crippen LogP contribution in [0.3, 0.4) is 0 Å². The van der Waals surface area contributed by atoms with Crippen LogP contribution in [0.2, 0.25) is 0 Å². The number of aromatic nitrogens is 2. The lowest BCUT2D eigenvalue weighted by Crippen LogP contribution is -2.12. The van der Waals surface area contributed by atoms with Crippen LogP contribution in [0.5, 0.6) is 0 Å². The van der Waals surface area contributed by atoms with Gasteiger partial charge in [0.25, 0.3) is 11.9 Å². The van der Waals surface area contributed by atoms with Gasteiger partial charge in [0.15, 0.2) is 5.76 Å². The van der Waals surface area contributed by atoms with Crippen LogP contribution < -0.4 is 10.6 Å². The number of aryl methyl sites for hydroxylation is 2. The van der Waals surface area contributed by atoms with E-state index in [2.05, 4.69) is 20.6 Å². The minimum absolute atomic E-state index is 0.301. The summed E-state index contributed by atoms with van der Waals surface area (Å²) >= 11 is 0. The van der Waals surface area contributed by atoms with Crippen LogP contribution in [0.1, 0.15) is 21.5 Å². The summed E-state index contributed by atoms with van der Waals surface area (Å²) in [7, 11) is 0. The van der Waals surface area contributed by atoms with Crippen molar-refractivity contribution < 1.29 is 13.6 Å². The van der Waals surface area contributed by atoms with Gasteiger partial charge in [-0.1, -0.05) is 12.1 Å². The molecule has 0 radical (unpaired) electrons. The van der Waals surface area contributed by atoms with Gasteiger partial charge in [0, 0.05) is 34.9 Å². The molecule has 1 amide bonds. The van der Waals surface area contributed by atoms with E-state index in [-0.39, 0.29) is 11.7 Å². The summed E-state index contributed by atoms with van der Waals surface area (Å²) in [4.78, 5) is 20.9. The number of carbonyl (C=O) groups is 1. The summed E-state index contributed by atoms with van der Waals surface area (Å²) in [6.45, 7) is 3.57. The first kappa shape index (κ1) is 19.3. The average Bonchev–Trinajstić information content (AvgIpc) is 3.21. The number of hydrogen-bond acceptors (Lipinski definition) is 5. The van der Waals surface area contributed by atoms with E-state index in [4.69, 9.17) is 4.42 Å². The van der Waals surface area contributed by atoms with Crippen LogP contribution >= 0.6 is 0 Å². The third-order valence-corrected chi connectivity index (χ3v) is 4.62. The highest BCUT2D eigenvalue weighted by Crippen LogP contribution is 2.26. The monoisotopic (exact) mass is 402 g/mol. The number of nitrogens with one attached hydrogen (secondary N) is 2. The molecule has 4 rings (SSSR count). The zero-order valence-corrected chi connectivity index (χ0v) is 16.4. The lowest BCUT2D eigenvalue weighted by molar-refractivity contribution is 0.102. The largest absolute Gasteiger partial charge is 0.423 e. The molecule has 7 heteroatoms. The lowest BCUT2D eigenvalue weighted by atomic mass is 10.1. The van der Waals surface area contributed by atoms with Crippen LogP contribution in [0.25, 0.3) is 11.3 Å². The smallest absolute Gasteiger partial charge is 0.299 e. The number of nitrogens with zero attached hydrogens (tertiary/aromatic N) is 2. The molecular formula is C23H19FN4O2. The van der Waals surface area contributed by atoms with Crippen molar-refractivity contribution in [2.45, 2.75) is 13.8 Å². The average molecular weight is 402 g/mol. The Morgan fingerprint density at radius 3 is 2.63 bits per heavy atom. The van der Waals surface area contributed by atoms with E-state index in [9.17, 15) is 9.18 Å². The Kier molecular flexibility index (Phi) is 5.26. The van der Waals surface area contributed by atoms with Crippen LogP contribution in [0, 0.1) is 19.7 Å². The number of pyridine rings is 1. The molecule has 0 fully saturated rings. The minimum Gasteiger partial charge on any atom is -0.423 e. The third kappa shape index (κ3) is 4.20. The van der Waals surface area contributed by atoms with Crippen molar-refractivity contribution in [3.63, 3.8) is 0 Å². The van der Waals surface area contributed by atoms with Crippen LogP contribution in [-0.4, -0.2) is 15.9 Å². The van der Waals surface area contributed by atoms with E-state index < -0.39 is 0 Å². The van der Waals surface area contributed by atoms with E-state index >= 15 is 0 Å². The van der Waals surface area contributed by atoms with Crippen molar-refractivity contribution in [3.8, 4) is 11.3 Å². The van der Waals surface area contributed by atoms with Gasteiger partial charge in [-0.05, 0) is 61.4 Å². The Morgan fingerprint density at radius 1 is 1.03 bits per heavy atom. The Balaban J connectivity index is 1.52. The standard InChI is InChI=1S/C23H19FN4O2/c1-14-6-8-18(11-19(14)24)27-22(29)16-7-5-15(2)20(10-16)28-23-26-13-21(30-23)17-4-3-9-25-12-17/h3-13H,1-2H3,(H,26,28)(H,27,29). The predicted molar refractivity (Wildman–Crippen MR) is 113 cm³/mol. The first-order valence-electron chi connectivity index (χ1n) is 9.31. The highest BCUT2D eigenvalue weighted by atomic mass is 19.1. The second-order valence-electron chi connectivity index (χ2n) is 6.84. The molecule has 2 N–H and O–H groups in total. The topological polar surface area (TPSA) is 80.0 Å². The second-order valence-corrected chi connectivity index (χ2v) is 6.84. The first-order chi connectivity index (χ1) is 14.5. The highest BCUT2D eigenvalue weighted by molar-refractivity contribution is 6.05. The zero-order valence-electron chi connectivity index (χ0n) is 16.4. The molecule has 0 atom stereocenters. The summed E-state index contributed by atoms with van der Waals surface area (Å²) in [5.74, 6) is -0.129. The number of rotatable bonds is 5. The van der Waals surface area contributed by atoms with Crippen molar-refractivity contribution in [2.24, 2.45) is 0 Å². The quantitative estimate of drug-likeness (QED) is 0.461. The molecule has 0 aliphatic heterocycles. The van der Waals surface area contributed by atoms with Crippen LogP contribution in [-0.2, 0) is 0 Å². The maximum absolute atomic E-state index is 13.7. The number of amides is 1. The maximum atomic E-state index is 13.7. The van der Waals surface area contributed by atoms with Gasteiger partial charge in [-0.2, -0.15) is 0 Å². The van der Waals surface area contributed by atoms with Crippen molar-refractivity contribution in [3.05, 3.63) is 89.6 Å². The van der Waals surface area contributed by atoms with Crippen LogP contribution in [0.4, 0.5) is 21.8 Å². The maximum Gasteiger partial charge on any atom is 0.299 e. The summed E-state index contributed by atoms with van der Waals surface area (Å²) in [5, 5.41) is 5.81. The number of hydrogen-bond donors (Lipinski definition) is 2. The van der Waals surface area contributed by atoms with E-state index in [0.717, 1.165) is 11.1 Å². The molecule has 2 aromatic carbocycles. The molecule has 0 unspecified atom stereocenters. The zero-order chi connectivity index (χ0) is 21.1. The highest BCUT2D eigenvalue weighted by Gasteiger charge is 2.12. The van der Waals surface area contributed by atoms with E-state index in [1.54, 1.807) is 49.8 Å². The molecule has 0 saturated heterocycles. The van der Waals surface area contributed by atoms with Gasteiger partial charge >= 0.3 is 0 Å². The summed E-state index contributed by atoms with van der Waals surface area (Å²) < 4.78 is 19.5. The molecule has 4 aromatic rings. The molecule has 2 heterocycles. The third-order valence-electron chi connectivity index (χ3n) is 4.62. The van der Waals surface area contributed by atoms with Gasteiger partial charge in [-0.15, -0.1) is 0 Å². The van der Waals surface area contributed by atoms with Gasteiger partial charge in [0.1, 0.15) is 5.82 Å². The van der Waals surface area contributed by atoms with Gasteiger partial charge < -0.3 is 15.1 Å². The molecule has 2 aromatic heterocycles. The van der Waals surface area contributed by atoms with E-state index in [0.29, 0.717) is 34.3 Å². The fraction of sp³-hybridized carbons (Fsp3) is 0.0870. The summed E-state index contributed by atoms with van der Waals surface area (Å²) in [6.07, 6.45) is 4.98. The molecule has 0 spiro atoms. The molecule has 150 valence electrons. The molecular weight excluding hydrogens is 383 g/mol. The van der Waals surface area contributed by atoms with Crippen molar-refractivity contribution in [1.82, 2.24) is 9.97 Å². The molecule has 0 aliphatic carbocycles. The van der Waals surface area contributed by atoms with Crippen LogP contribution in [0.15, 0.2) is 71.5 Å². The SMILES string of the molecule is Cc1ccc(NC(=O)c2ccc(C)c(Nc3ncc(-c4cccnc4)o3)c2)cc1F. The van der Waals surface area contributed by atoms with Crippen molar-refractivity contribution in [2.75, 3.05) is 10.6 Å². The Hall–Kier alpha value is -4.00. The predicted octanol–water partition coefficient (Wildman–Crippen LogP) is 5.49. The molecule has 30 heavy (non-hydrogen) atoms. The van der Waals surface area contributed by atoms with Crippen molar-refractivity contribution in [1.29, 1.82) is 0 Å². The van der Waals surface area contributed by atoms with Crippen molar-refractivity contribution >= 4 is 23.3 Å². The van der Waals surface area contributed by atoms with Gasteiger partial charge in [-0.3, -0.25) is 9.78 Å². The normalized spacial score (nSPS) is 10.6. The fourth-order valence-corrected chi connectivity index (χ4v) is 2.86. The summed E-state index contributed by atoms with van der Waals surface area (Å²) in [6, 6.07) is 13.8. The number of benzene rings is 2. The lowest BCUT2D eigenvalue weighted by Gasteiger charge is -2.10. The Morgan fingerprint density at radius 2 is 1.87 bits per heavy atom. The van der Waals surface area contributed by atoms with E-state index in [1.165, 1.54) is 6.07 Å². The number of oxazole rings is 1. The number of carbonyl (C=O) groups excluding carboxylic acids is 1. The summed E-state index contributed by atoms with van der Waals surface area (Å²) in [5.41, 5.74) is 3.74. The Labute approximate surface area is 172 Å². The molecule has 6 nitrogen and oxygen atoms in total. The Bertz CT molecular complexity index is 1210. The second kappa shape index (κ2) is 8.16. The first-order valence-corrected chi connectivity index (χ1v) is 9.31. The van der Waals surface area contributed by atoms with E-state index in [1.807, 2.05) is 25.1 Å². The molecule has 0 saturated carbocycles. The number of halogens is 1. The molecule has 0 aliphatic rings. The minimum atomic E-state index is -0.368. The fourth-order valence-electron chi connectivity index (χ4n) is 2.86. The van der Waals surface area contributed by atoms with Gasteiger partial charge in [0.2, 0.25) is 0 Å². The molecule has 0 bridgehead atoms. The van der Waals surface area contributed by atoms with Gasteiger partial charge in [-0.25, -0.2) is 9.37 Å². The number of anilines is 3.